The molecule has 2 saturated heterocycles. The molecule has 138 valence electrons. The summed E-state index contributed by atoms with van der Waals surface area (Å²) in [6, 6.07) is 3.76. The number of nitrogens with zero attached hydrogens (tertiary/aromatic N) is 3. The Balaban J connectivity index is 1.57. The average molecular weight is 368 g/mol. The van der Waals surface area contributed by atoms with Crippen LogP contribution in [0.2, 0.25) is 0 Å². The van der Waals surface area contributed by atoms with Crippen LogP contribution >= 0.6 is 0 Å². The molecule has 1 aromatic heterocycles. The van der Waals surface area contributed by atoms with Crippen molar-refractivity contribution in [2.75, 3.05) is 43.9 Å². The van der Waals surface area contributed by atoms with E-state index in [1.807, 2.05) is 12.1 Å². The Morgan fingerprint density at radius 2 is 2.12 bits per heavy atom. The lowest BCUT2D eigenvalue weighted by Crippen LogP contribution is -2.39. The lowest BCUT2D eigenvalue weighted by molar-refractivity contribution is -0.129. The quantitative estimate of drug-likeness (QED) is 0.772. The third-order valence-electron chi connectivity index (χ3n) is 4.43. The number of nitrogens with one attached hydrogen (secondary N) is 1. The van der Waals surface area contributed by atoms with Crippen LogP contribution in [0.25, 0.3) is 0 Å². The van der Waals surface area contributed by atoms with Gasteiger partial charge in [-0.2, -0.15) is 0 Å². The van der Waals surface area contributed by atoms with Gasteiger partial charge in [-0.3, -0.25) is 4.79 Å². The molecule has 0 radical (unpaired) electrons. The van der Waals surface area contributed by atoms with Gasteiger partial charge >= 0.3 is 0 Å². The molecular weight excluding hydrogens is 344 g/mol. The number of carbonyl (C=O) groups is 1. The molecule has 3 heterocycles. The maximum Gasteiger partial charge on any atom is 0.237 e. The average Bonchev–Trinajstić information content (AvgIpc) is 3.24. The fourth-order valence-electron chi connectivity index (χ4n) is 3.18. The van der Waals surface area contributed by atoms with E-state index in [0.717, 1.165) is 50.2 Å². The number of likely N-dealkylation sites (tertiary alicyclic amines) is 1. The monoisotopic (exact) mass is 368 g/mol. The fourth-order valence-corrected chi connectivity index (χ4v) is 3.56. The number of hydrogen-bond acceptors (Lipinski definition) is 6. The van der Waals surface area contributed by atoms with Gasteiger partial charge in [0.15, 0.2) is 11.6 Å². The van der Waals surface area contributed by atoms with Crippen LogP contribution in [0.5, 0.6) is 5.75 Å². The highest BCUT2D eigenvalue weighted by atomic mass is 32.2. The maximum atomic E-state index is 12.1. The van der Waals surface area contributed by atoms with E-state index in [0.29, 0.717) is 13.1 Å². The Hall–Kier alpha value is -1.87. The minimum atomic E-state index is -3.37. The van der Waals surface area contributed by atoms with Crippen LogP contribution in [0.15, 0.2) is 18.3 Å². The fraction of sp³-hybridized carbons (Fsp3) is 0.625. The first-order valence-electron chi connectivity index (χ1n) is 8.51. The Morgan fingerprint density at radius 1 is 1.36 bits per heavy atom. The number of carbonyl (C=O) groups excluding carboxylic acids is 1. The van der Waals surface area contributed by atoms with Crippen LogP contribution in [-0.4, -0.2) is 69.3 Å². The molecule has 1 atom stereocenters. The SMILES string of the molecule is CS(=O)(=O)NCC(=O)N1CC[C@H](Oc2cccnc2N2CCCC2)C1. The van der Waals surface area contributed by atoms with Crippen molar-refractivity contribution < 1.29 is 17.9 Å². The number of aromatic nitrogens is 1. The summed E-state index contributed by atoms with van der Waals surface area (Å²) in [6.45, 7) is 2.78. The second kappa shape index (κ2) is 7.57. The van der Waals surface area contributed by atoms with Crippen LogP contribution in [-0.2, 0) is 14.8 Å². The first-order valence-corrected chi connectivity index (χ1v) is 10.4. The molecule has 25 heavy (non-hydrogen) atoms. The number of hydrogen-bond donors (Lipinski definition) is 1. The van der Waals surface area contributed by atoms with Crippen molar-refractivity contribution in [1.29, 1.82) is 0 Å². The van der Waals surface area contributed by atoms with Gasteiger partial charge in [0.05, 0.1) is 19.3 Å². The molecule has 1 aromatic rings. The molecule has 2 aliphatic heterocycles. The molecule has 0 aromatic carbocycles. The Bertz CT molecular complexity index is 719. The molecule has 2 aliphatic rings. The lowest BCUT2D eigenvalue weighted by atomic mass is 10.3. The van der Waals surface area contributed by atoms with Crippen LogP contribution in [0.1, 0.15) is 19.3 Å². The number of pyridine rings is 1. The third-order valence-corrected chi connectivity index (χ3v) is 5.10. The van der Waals surface area contributed by atoms with Crippen molar-refractivity contribution in [2.45, 2.75) is 25.4 Å². The highest BCUT2D eigenvalue weighted by Crippen LogP contribution is 2.30. The summed E-state index contributed by atoms with van der Waals surface area (Å²) in [6.07, 6.45) is 5.75. The van der Waals surface area contributed by atoms with Gasteiger partial charge in [-0.05, 0) is 25.0 Å². The topological polar surface area (TPSA) is 91.8 Å². The zero-order chi connectivity index (χ0) is 17.9. The minimum Gasteiger partial charge on any atom is -0.485 e. The summed E-state index contributed by atoms with van der Waals surface area (Å²) in [4.78, 5) is 20.4. The molecule has 0 unspecified atom stereocenters. The van der Waals surface area contributed by atoms with Gasteiger partial charge in [0.25, 0.3) is 0 Å². The second-order valence-electron chi connectivity index (χ2n) is 6.48. The van der Waals surface area contributed by atoms with Crippen molar-refractivity contribution in [3.8, 4) is 5.75 Å². The smallest absolute Gasteiger partial charge is 0.237 e. The van der Waals surface area contributed by atoms with Crippen molar-refractivity contribution in [1.82, 2.24) is 14.6 Å². The van der Waals surface area contributed by atoms with E-state index >= 15 is 0 Å². The first kappa shape index (κ1) is 17.9. The summed E-state index contributed by atoms with van der Waals surface area (Å²) in [5.41, 5.74) is 0. The van der Waals surface area contributed by atoms with Gasteiger partial charge in [0.1, 0.15) is 6.10 Å². The van der Waals surface area contributed by atoms with E-state index in [1.54, 1.807) is 11.1 Å². The standard InChI is InChI=1S/C16H24N4O4S/c1-25(22,23)18-11-15(21)20-10-6-13(12-20)24-14-5-4-7-17-16(14)19-8-2-3-9-19/h4-5,7,13,18H,2-3,6,8-12H2,1H3/t13-/m0/s1. The number of anilines is 1. The molecule has 0 aliphatic carbocycles. The number of rotatable bonds is 6. The summed E-state index contributed by atoms with van der Waals surface area (Å²) in [5, 5.41) is 0. The van der Waals surface area contributed by atoms with E-state index in [-0.39, 0.29) is 18.6 Å². The molecule has 1 N–H and O–H groups in total. The van der Waals surface area contributed by atoms with Crippen LogP contribution in [0.4, 0.5) is 5.82 Å². The van der Waals surface area contributed by atoms with Gasteiger partial charge in [0, 0.05) is 32.3 Å². The second-order valence-corrected chi connectivity index (χ2v) is 8.31. The van der Waals surface area contributed by atoms with Gasteiger partial charge in [0.2, 0.25) is 15.9 Å². The Kier molecular flexibility index (Phi) is 5.43. The van der Waals surface area contributed by atoms with Crippen LogP contribution < -0.4 is 14.4 Å². The molecule has 0 bridgehead atoms. The largest absolute Gasteiger partial charge is 0.485 e. The number of sulfonamides is 1. The summed E-state index contributed by atoms with van der Waals surface area (Å²) in [5.74, 6) is 1.38. The minimum absolute atomic E-state index is 0.104. The molecule has 1 amide bonds. The molecule has 2 fully saturated rings. The van der Waals surface area contributed by atoms with Crippen LogP contribution in [0, 0.1) is 0 Å². The van der Waals surface area contributed by atoms with Gasteiger partial charge in [-0.15, -0.1) is 0 Å². The zero-order valence-electron chi connectivity index (χ0n) is 14.3. The maximum absolute atomic E-state index is 12.1. The lowest BCUT2D eigenvalue weighted by Gasteiger charge is -2.22. The van der Waals surface area contributed by atoms with E-state index < -0.39 is 10.0 Å². The summed E-state index contributed by atoms with van der Waals surface area (Å²) < 4.78 is 30.5. The Labute approximate surface area is 148 Å². The molecular formula is C16H24N4O4S. The van der Waals surface area contributed by atoms with E-state index in [9.17, 15) is 13.2 Å². The molecule has 9 heteroatoms. The highest BCUT2D eigenvalue weighted by molar-refractivity contribution is 7.88. The Morgan fingerprint density at radius 3 is 2.84 bits per heavy atom. The summed E-state index contributed by atoms with van der Waals surface area (Å²) in [7, 11) is -3.37. The van der Waals surface area contributed by atoms with E-state index in [4.69, 9.17) is 4.74 Å². The van der Waals surface area contributed by atoms with E-state index in [1.165, 1.54) is 0 Å². The highest BCUT2D eigenvalue weighted by Gasteiger charge is 2.29. The third kappa shape index (κ3) is 4.82. The van der Waals surface area contributed by atoms with Crippen molar-refractivity contribution in [3.63, 3.8) is 0 Å². The summed E-state index contributed by atoms with van der Waals surface area (Å²) >= 11 is 0. The van der Waals surface area contributed by atoms with Gasteiger partial charge in [-0.25, -0.2) is 18.1 Å². The molecule has 0 saturated carbocycles. The van der Waals surface area contributed by atoms with Crippen molar-refractivity contribution in [2.24, 2.45) is 0 Å². The molecule has 3 rings (SSSR count). The van der Waals surface area contributed by atoms with E-state index in [2.05, 4.69) is 14.6 Å². The van der Waals surface area contributed by atoms with Gasteiger partial charge in [-0.1, -0.05) is 0 Å². The predicted octanol–water partition coefficient (Wildman–Crippen LogP) is 0.211. The van der Waals surface area contributed by atoms with Crippen LogP contribution in [0.3, 0.4) is 0 Å². The van der Waals surface area contributed by atoms with Crippen molar-refractivity contribution >= 4 is 21.7 Å². The molecule has 8 nitrogen and oxygen atoms in total. The number of ether oxygens (including phenoxy) is 1. The molecule has 0 spiro atoms. The predicted molar refractivity (Wildman–Crippen MR) is 94.1 cm³/mol. The zero-order valence-corrected chi connectivity index (χ0v) is 15.2. The van der Waals surface area contributed by atoms with Crippen molar-refractivity contribution in [3.05, 3.63) is 18.3 Å². The first-order chi connectivity index (χ1) is 11.9. The number of amides is 1. The normalized spacial score (nSPS) is 20.9. The van der Waals surface area contributed by atoms with Gasteiger partial charge < -0.3 is 14.5 Å².